The van der Waals surface area contributed by atoms with Gasteiger partial charge in [-0.1, -0.05) is 20.8 Å². The SMILES string of the molecule is C#CC#CC#CC#CC#CC#CC#CC#CC#CC#CC#COc1cc(C(=O)n2c(=O)ccn([C@@H]3O[C@H](CO)C(OC(=O)CCC(C)=O)[C@@H]3O[Si](C)(C)C(C)(C)C)c2=O)cc(C)c1C. The average Bonchev–Trinajstić information content (AvgIpc) is 3.56. The number of aromatic nitrogens is 2. The smallest absolute Gasteiger partial charge is 0.340 e. The molecule has 3 rings (SSSR count). The maximum atomic E-state index is 14.2. The van der Waals surface area contributed by atoms with Crippen LogP contribution in [0.1, 0.15) is 68.2 Å². The van der Waals surface area contributed by atoms with E-state index in [1.54, 1.807) is 13.8 Å². The van der Waals surface area contributed by atoms with E-state index in [4.69, 9.17) is 25.1 Å². The summed E-state index contributed by atoms with van der Waals surface area (Å²) < 4.78 is 25.6. The van der Waals surface area contributed by atoms with Crippen LogP contribution in [0.4, 0.5) is 0 Å². The first-order chi connectivity index (χ1) is 30.4. The Morgan fingerprint density at radius 2 is 1.31 bits per heavy atom. The van der Waals surface area contributed by atoms with E-state index in [1.807, 2.05) is 33.9 Å². The van der Waals surface area contributed by atoms with Gasteiger partial charge < -0.3 is 28.5 Å². The van der Waals surface area contributed by atoms with E-state index in [2.05, 4.69) is 125 Å². The second-order valence-electron chi connectivity index (χ2n) is 14.9. The first-order valence-electron chi connectivity index (χ1n) is 19.2. The minimum atomic E-state index is -2.71. The predicted molar refractivity (Wildman–Crippen MR) is 241 cm³/mol. The number of carbonyl (C=O) groups excluding carboxylic acids is 3. The lowest BCUT2D eigenvalue weighted by Crippen LogP contribution is -2.51. The van der Waals surface area contributed by atoms with Crippen LogP contribution in [0.25, 0.3) is 0 Å². The highest BCUT2D eigenvalue weighted by Crippen LogP contribution is 2.42. The highest BCUT2D eigenvalue weighted by molar-refractivity contribution is 6.74. The fourth-order valence-electron chi connectivity index (χ4n) is 5.08. The van der Waals surface area contributed by atoms with Crippen LogP contribution in [0.15, 0.2) is 34.0 Å². The van der Waals surface area contributed by atoms with E-state index in [1.165, 1.54) is 19.1 Å². The molecule has 1 aromatic carbocycles. The van der Waals surface area contributed by atoms with Gasteiger partial charge in [0.25, 0.3) is 11.5 Å². The number of nitrogens with zero attached hydrogens (tertiary/aromatic N) is 2. The van der Waals surface area contributed by atoms with Crippen LogP contribution in [0.5, 0.6) is 5.75 Å². The Kier molecular flexibility index (Phi) is 19.0. The topological polar surface area (TPSA) is 152 Å². The summed E-state index contributed by atoms with van der Waals surface area (Å²) in [7, 11) is -2.71. The van der Waals surface area contributed by atoms with Gasteiger partial charge in [-0.2, -0.15) is 4.57 Å². The highest BCUT2D eigenvalue weighted by Gasteiger charge is 2.53. The zero-order valence-electron chi connectivity index (χ0n) is 36.3. The Labute approximate surface area is 374 Å². The van der Waals surface area contributed by atoms with E-state index in [0.29, 0.717) is 15.7 Å². The number of hydrogen-bond donors (Lipinski definition) is 1. The number of aryl methyl sites for hydroxylation is 1. The normalized spacial score (nSPS) is 15.1. The summed E-state index contributed by atoms with van der Waals surface area (Å²) in [5, 5.41) is 9.97. The molecule has 64 heavy (non-hydrogen) atoms. The van der Waals surface area contributed by atoms with Crippen molar-refractivity contribution in [3.63, 3.8) is 0 Å². The van der Waals surface area contributed by atoms with Gasteiger partial charge in [0.05, 0.1) is 13.0 Å². The number of aliphatic hydroxyl groups is 1. The molecule has 13 heteroatoms. The maximum absolute atomic E-state index is 14.2. The molecular formula is C51H40N2O10Si. The van der Waals surface area contributed by atoms with Gasteiger partial charge in [-0.15, -0.1) is 6.42 Å². The number of aliphatic hydroxyl groups excluding tert-OH is 1. The summed E-state index contributed by atoms with van der Waals surface area (Å²) in [6.07, 6.45) is 3.40. The minimum absolute atomic E-state index is 0.0616. The summed E-state index contributed by atoms with van der Waals surface area (Å²) in [5.74, 6) is 47.2. The number of ether oxygens (including phenoxy) is 3. The molecule has 0 bridgehead atoms. The lowest BCUT2D eigenvalue weighted by Gasteiger charge is -2.40. The third-order valence-corrected chi connectivity index (χ3v) is 13.9. The quantitative estimate of drug-likeness (QED) is 0.215. The molecule has 0 saturated carbocycles. The predicted octanol–water partition coefficient (Wildman–Crippen LogP) is 2.88. The molecule has 1 unspecified atom stereocenters. The molecule has 1 N–H and O–H groups in total. The van der Waals surface area contributed by atoms with Crippen molar-refractivity contribution in [2.75, 3.05) is 6.61 Å². The van der Waals surface area contributed by atoms with Crippen LogP contribution in [-0.4, -0.2) is 65.1 Å². The molecular weight excluding hydrogens is 829 g/mol. The lowest BCUT2D eigenvalue weighted by atomic mass is 10.0. The lowest BCUT2D eigenvalue weighted by molar-refractivity contribution is -0.156. The maximum Gasteiger partial charge on any atom is 0.340 e. The summed E-state index contributed by atoms with van der Waals surface area (Å²) in [6.45, 7) is 14.0. The molecule has 1 aromatic heterocycles. The average molecular weight is 869 g/mol. The zero-order chi connectivity index (χ0) is 47.3. The van der Waals surface area contributed by atoms with Crippen molar-refractivity contribution in [1.82, 2.24) is 9.13 Å². The van der Waals surface area contributed by atoms with Crippen molar-refractivity contribution in [1.29, 1.82) is 0 Å². The van der Waals surface area contributed by atoms with Crippen molar-refractivity contribution >= 4 is 26.0 Å². The summed E-state index contributed by atoms with van der Waals surface area (Å²) >= 11 is 0. The number of hydrogen-bond acceptors (Lipinski definition) is 10. The molecule has 318 valence electrons. The van der Waals surface area contributed by atoms with Gasteiger partial charge in [0.15, 0.2) is 20.6 Å². The fourth-order valence-corrected chi connectivity index (χ4v) is 6.37. The molecule has 0 aliphatic carbocycles. The highest BCUT2D eigenvalue weighted by atomic mass is 28.4. The molecule has 2 aromatic rings. The Morgan fingerprint density at radius 1 is 0.797 bits per heavy atom. The Hall–Kier alpha value is -8.23. The van der Waals surface area contributed by atoms with Crippen molar-refractivity contribution < 1.29 is 38.1 Å². The molecule has 1 aliphatic heterocycles. The molecule has 1 fully saturated rings. The van der Waals surface area contributed by atoms with Gasteiger partial charge in [0, 0.05) is 95.3 Å². The van der Waals surface area contributed by atoms with Crippen molar-refractivity contribution in [2.24, 2.45) is 0 Å². The number of esters is 1. The van der Waals surface area contributed by atoms with Gasteiger partial charge in [-0.05, 0) is 110 Å². The third kappa shape index (κ3) is 14.7. The van der Waals surface area contributed by atoms with Crippen LogP contribution < -0.4 is 16.0 Å². The van der Waals surface area contributed by atoms with Crippen molar-refractivity contribution in [3.8, 4) is 137 Å². The summed E-state index contributed by atoms with van der Waals surface area (Å²) in [4.78, 5) is 65.9. The van der Waals surface area contributed by atoms with Crippen molar-refractivity contribution in [3.05, 3.63) is 61.9 Å². The van der Waals surface area contributed by atoms with E-state index in [0.717, 1.165) is 16.8 Å². The number of terminal acetylenes is 1. The molecule has 0 radical (unpaired) electrons. The van der Waals surface area contributed by atoms with Gasteiger partial charge in [0.2, 0.25) is 0 Å². The Balaban J connectivity index is 1.85. The Bertz CT molecular complexity index is 3040. The monoisotopic (exact) mass is 868 g/mol. The molecule has 4 atom stereocenters. The second-order valence-corrected chi connectivity index (χ2v) is 19.6. The van der Waals surface area contributed by atoms with Gasteiger partial charge >= 0.3 is 11.7 Å². The first kappa shape index (κ1) is 50.1. The van der Waals surface area contributed by atoms with Gasteiger partial charge in [0.1, 0.15) is 29.8 Å². The van der Waals surface area contributed by atoms with Gasteiger partial charge in [-0.3, -0.25) is 19.0 Å². The van der Waals surface area contributed by atoms with E-state index in [9.17, 15) is 29.1 Å². The number of ketones is 1. The minimum Gasteiger partial charge on any atom is -0.457 e. The van der Waals surface area contributed by atoms with Crippen LogP contribution in [0.2, 0.25) is 18.1 Å². The van der Waals surface area contributed by atoms with Crippen LogP contribution in [0.3, 0.4) is 0 Å². The van der Waals surface area contributed by atoms with E-state index >= 15 is 0 Å². The molecule has 1 saturated heterocycles. The summed E-state index contributed by atoms with van der Waals surface area (Å²) in [6, 6.07) is 3.84. The fraction of sp³-hybridized carbons (Fsp3) is 0.314. The Morgan fingerprint density at radius 3 is 1.80 bits per heavy atom. The molecule has 12 nitrogen and oxygen atoms in total. The van der Waals surface area contributed by atoms with Crippen LogP contribution in [0, 0.1) is 145 Å². The standard InChI is InChI=1S/C51H40N2O10Si/c1-10-11-12-13-14-15-16-17-18-19-20-21-22-23-24-25-26-27-28-29-34-60-42-36-41(35-38(2)40(42)4)48(58)53-44(56)32-33-52(50(53)59)49-47(63-64(8,9)51(5,6)7)46(43(37-54)61-49)62-45(57)31-30-39(3)55/h1,32-33,35-36,43,46-47,49,54H,30-31,37H2,2-9H3/t43-,46?,47+,49-/m1/s1. The zero-order valence-corrected chi connectivity index (χ0v) is 37.3. The molecule has 0 amide bonds. The van der Waals surface area contributed by atoms with Gasteiger partial charge in [-0.25, -0.2) is 4.79 Å². The number of Topliss-reactive ketones (excluding diaryl/α,β-unsaturated/α-hetero) is 1. The van der Waals surface area contributed by atoms with E-state index < -0.39 is 62.6 Å². The number of benzene rings is 1. The summed E-state index contributed by atoms with van der Waals surface area (Å²) in [5.41, 5.74) is -0.867. The van der Waals surface area contributed by atoms with Crippen LogP contribution >= 0.6 is 0 Å². The molecule has 2 heterocycles. The number of carbonyl (C=O) groups is 3. The van der Waals surface area contributed by atoms with Crippen molar-refractivity contribution in [2.45, 2.75) is 97.1 Å². The van der Waals surface area contributed by atoms with E-state index in [-0.39, 0.29) is 35.0 Å². The number of rotatable bonds is 10. The third-order valence-electron chi connectivity index (χ3n) is 9.41. The van der Waals surface area contributed by atoms with Crippen LogP contribution in [-0.2, 0) is 23.5 Å². The molecule has 1 aliphatic rings. The second kappa shape index (κ2) is 24.3. The first-order valence-corrected chi connectivity index (χ1v) is 22.1. The largest absolute Gasteiger partial charge is 0.457 e. The molecule has 0 spiro atoms.